The van der Waals surface area contributed by atoms with Crippen LogP contribution in [0, 0.1) is 0 Å². The van der Waals surface area contributed by atoms with Crippen LogP contribution in [0.4, 0.5) is 0 Å². The van der Waals surface area contributed by atoms with Gasteiger partial charge in [0, 0.05) is 5.56 Å². The Bertz CT molecular complexity index is 813. The molecule has 0 saturated heterocycles. The highest BCUT2D eigenvalue weighted by molar-refractivity contribution is 5.98. The molecule has 0 bridgehead atoms. The van der Waals surface area contributed by atoms with Crippen LogP contribution in [-0.2, 0) is 6.54 Å². The monoisotopic (exact) mass is 306 g/mol. The Labute approximate surface area is 138 Å². The quantitative estimate of drug-likeness (QED) is 0.634. The molecule has 0 aliphatic carbocycles. The molecule has 0 amide bonds. The molecular formula is C21H24NO+. The van der Waals surface area contributed by atoms with Crippen LogP contribution in [-0.4, -0.2) is 32.7 Å². The van der Waals surface area contributed by atoms with E-state index in [1.165, 1.54) is 27.5 Å². The van der Waals surface area contributed by atoms with Gasteiger partial charge in [0.15, 0.2) is 0 Å². The molecule has 0 aromatic heterocycles. The summed E-state index contributed by atoms with van der Waals surface area (Å²) < 4.78 is 6.19. The predicted molar refractivity (Wildman–Crippen MR) is 97.7 cm³/mol. The number of methoxy groups -OCH3 is 1. The number of nitrogens with zero attached hydrogens (tertiary/aromatic N) is 1. The van der Waals surface area contributed by atoms with E-state index in [0.29, 0.717) is 0 Å². The Hall–Kier alpha value is -2.32. The smallest absolute Gasteiger partial charge is 0.118 e. The summed E-state index contributed by atoms with van der Waals surface area (Å²) in [5.41, 5.74) is 3.89. The third-order valence-electron chi connectivity index (χ3n) is 4.06. The Morgan fingerprint density at radius 3 is 2.04 bits per heavy atom. The van der Waals surface area contributed by atoms with Crippen molar-refractivity contribution in [2.45, 2.75) is 6.54 Å². The van der Waals surface area contributed by atoms with Gasteiger partial charge in [-0.3, -0.25) is 0 Å². The number of benzene rings is 3. The Morgan fingerprint density at radius 2 is 1.43 bits per heavy atom. The zero-order chi connectivity index (χ0) is 16.4. The molecule has 0 aliphatic heterocycles. The largest absolute Gasteiger partial charge is 0.497 e. The van der Waals surface area contributed by atoms with Crippen molar-refractivity contribution < 1.29 is 9.22 Å². The van der Waals surface area contributed by atoms with E-state index >= 15 is 0 Å². The normalized spacial score (nSPS) is 11.7. The van der Waals surface area contributed by atoms with Crippen LogP contribution < -0.4 is 4.74 Å². The molecule has 118 valence electrons. The van der Waals surface area contributed by atoms with Crippen LogP contribution in [0.25, 0.3) is 21.9 Å². The van der Waals surface area contributed by atoms with Crippen molar-refractivity contribution in [1.82, 2.24) is 0 Å². The Balaban J connectivity index is 2.13. The lowest BCUT2D eigenvalue weighted by molar-refractivity contribution is -0.883. The fourth-order valence-electron chi connectivity index (χ4n) is 3.03. The lowest BCUT2D eigenvalue weighted by Crippen LogP contribution is -2.33. The second kappa shape index (κ2) is 6.05. The van der Waals surface area contributed by atoms with Gasteiger partial charge >= 0.3 is 0 Å². The lowest BCUT2D eigenvalue weighted by atomic mass is 9.94. The van der Waals surface area contributed by atoms with Crippen molar-refractivity contribution in [3.8, 4) is 16.9 Å². The molecule has 0 aliphatic rings. The van der Waals surface area contributed by atoms with Crippen molar-refractivity contribution in [3.63, 3.8) is 0 Å². The number of fused-ring (bicyclic) bond motifs is 1. The minimum absolute atomic E-state index is 0.889. The summed E-state index contributed by atoms with van der Waals surface area (Å²) in [5, 5.41) is 2.65. The summed E-state index contributed by atoms with van der Waals surface area (Å²) in [7, 11) is 8.38. The molecule has 3 rings (SSSR count). The Kier molecular flexibility index (Phi) is 4.10. The van der Waals surface area contributed by atoms with E-state index in [1.54, 1.807) is 7.11 Å². The number of ether oxygens (including phenoxy) is 1. The molecule has 0 atom stereocenters. The molecule has 0 N–H and O–H groups in total. The zero-order valence-corrected chi connectivity index (χ0v) is 14.3. The van der Waals surface area contributed by atoms with E-state index in [1.807, 2.05) is 12.1 Å². The van der Waals surface area contributed by atoms with Gasteiger partial charge in [-0.25, -0.2) is 0 Å². The molecule has 0 heterocycles. The van der Waals surface area contributed by atoms with Crippen LogP contribution >= 0.6 is 0 Å². The summed E-state index contributed by atoms with van der Waals surface area (Å²) in [6, 6.07) is 21.5. The molecule has 3 aromatic carbocycles. The fourth-order valence-corrected chi connectivity index (χ4v) is 3.03. The van der Waals surface area contributed by atoms with Gasteiger partial charge in [-0.05, 0) is 34.0 Å². The third kappa shape index (κ3) is 3.38. The highest BCUT2D eigenvalue weighted by Crippen LogP contribution is 2.32. The van der Waals surface area contributed by atoms with Crippen LogP contribution in [0.1, 0.15) is 5.56 Å². The maximum absolute atomic E-state index is 5.26. The first-order chi connectivity index (χ1) is 11.0. The summed E-state index contributed by atoms with van der Waals surface area (Å²) in [5.74, 6) is 0.889. The van der Waals surface area contributed by atoms with Gasteiger partial charge in [0.2, 0.25) is 0 Å². The van der Waals surface area contributed by atoms with Gasteiger partial charge in [0.05, 0.1) is 28.3 Å². The first-order valence-corrected chi connectivity index (χ1v) is 7.93. The molecule has 0 unspecified atom stereocenters. The fraction of sp³-hybridized carbons (Fsp3) is 0.238. The average Bonchev–Trinajstić information content (AvgIpc) is 2.54. The van der Waals surface area contributed by atoms with Crippen molar-refractivity contribution in [1.29, 1.82) is 0 Å². The summed E-state index contributed by atoms with van der Waals surface area (Å²) in [6.07, 6.45) is 0. The van der Waals surface area contributed by atoms with Crippen LogP contribution in [0.3, 0.4) is 0 Å². The predicted octanol–water partition coefficient (Wildman–Crippen LogP) is 4.72. The maximum Gasteiger partial charge on any atom is 0.118 e. The first kappa shape index (κ1) is 15.6. The molecule has 2 nitrogen and oxygen atoms in total. The van der Waals surface area contributed by atoms with Gasteiger partial charge in [0.25, 0.3) is 0 Å². The Morgan fingerprint density at radius 1 is 0.783 bits per heavy atom. The molecule has 23 heavy (non-hydrogen) atoms. The molecule has 0 fully saturated rings. The number of hydrogen-bond donors (Lipinski definition) is 0. The summed E-state index contributed by atoms with van der Waals surface area (Å²) in [6.45, 7) is 1.02. The molecular weight excluding hydrogens is 282 g/mol. The van der Waals surface area contributed by atoms with E-state index in [-0.39, 0.29) is 0 Å². The van der Waals surface area contributed by atoms with Crippen molar-refractivity contribution in [2.24, 2.45) is 0 Å². The topological polar surface area (TPSA) is 9.23 Å². The standard InChI is InChI=1S/C21H24NO/c1-22(2,3)15-17-11-14-20(21-8-6-5-7-19(17)21)16-9-12-18(23-4)13-10-16/h5-14H,15H2,1-4H3/q+1. The molecule has 0 saturated carbocycles. The van der Waals surface area contributed by atoms with E-state index in [4.69, 9.17) is 4.74 Å². The van der Waals surface area contributed by atoms with E-state index < -0.39 is 0 Å². The van der Waals surface area contributed by atoms with Gasteiger partial charge in [-0.2, -0.15) is 0 Å². The van der Waals surface area contributed by atoms with Crippen LogP contribution in [0.15, 0.2) is 60.7 Å². The molecule has 0 spiro atoms. The summed E-state index contributed by atoms with van der Waals surface area (Å²) in [4.78, 5) is 0. The zero-order valence-electron chi connectivity index (χ0n) is 14.3. The van der Waals surface area contributed by atoms with Crippen molar-refractivity contribution in [3.05, 3.63) is 66.2 Å². The maximum atomic E-state index is 5.26. The van der Waals surface area contributed by atoms with Crippen molar-refractivity contribution in [2.75, 3.05) is 28.3 Å². The number of hydrogen-bond acceptors (Lipinski definition) is 1. The van der Waals surface area contributed by atoms with Crippen LogP contribution in [0.5, 0.6) is 5.75 Å². The molecule has 2 heteroatoms. The highest BCUT2D eigenvalue weighted by Gasteiger charge is 2.13. The lowest BCUT2D eigenvalue weighted by Gasteiger charge is -2.25. The minimum atomic E-state index is 0.889. The van der Waals surface area contributed by atoms with Gasteiger partial charge in [-0.1, -0.05) is 48.5 Å². The van der Waals surface area contributed by atoms with Crippen LogP contribution in [0.2, 0.25) is 0 Å². The van der Waals surface area contributed by atoms with Crippen molar-refractivity contribution >= 4 is 10.8 Å². The number of rotatable bonds is 4. The van der Waals surface area contributed by atoms with E-state index in [9.17, 15) is 0 Å². The van der Waals surface area contributed by atoms with E-state index in [0.717, 1.165) is 16.8 Å². The minimum Gasteiger partial charge on any atom is -0.497 e. The second-order valence-electron chi connectivity index (χ2n) is 6.99. The SMILES string of the molecule is COc1ccc(-c2ccc(C[N+](C)(C)C)c3ccccc23)cc1. The van der Waals surface area contributed by atoms with Gasteiger partial charge < -0.3 is 9.22 Å². The molecule has 0 radical (unpaired) electrons. The third-order valence-corrected chi connectivity index (χ3v) is 4.06. The number of quaternary nitrogens is 1. The van der Waals surface area contributed by atoms with E-state index in [2.05, 4.69) is 69.7 Å². The molecule has 3 aromatic rings. The first-order valence-electron chi connectivity index (χ1n) is 7.93. The van der Waals surface area contributed by atoms with Gasteiger partial charge in [-0.15, -0.1) is 0 Å². The van der Waals surface area contributed by atoms with Gasteiger partial charge in [0.1, 0.15) is 12.3 Å². The highest BCUT2D eigenvalue weighted by atomic mass is 16.5. The average molecular weight is 306 g/mol. The summed E-state index contributed by atoms with van der Waals surface area (Å²) >= 11 is 0. The second-order valence-corrected chi connectivity index (χ2v) is 6.99.